The van der Waals surface area contributed by atoms with Crippen LogP contribution in [0.4, 0.5) is 0 Å². The molecule has 1 saturated heterocycles. The molecule has 0 spiro atoms. The maximum Gasteiger partial charge on any atom is 0.176 e. The molecule has 0 bridgehead atoms. The van der Waals surface area contributed by atoms with Crippen molar-refractivity contribution >= 4 is 34.1 Å². The topological polar surface area (TPSA) is 40.5 Å². The van der Waals surface area contributed by atoms with E-state index >= 15 is 0 Å². The smallest absolute Gasteiger partial charge is 0.176 e. The summed E-state index contributed by atoms with van der Waals surface area (Å²) in [6, 6.07) is 6.61. The molecule has 0 amide bonds. The fourth-order valence-electron chi connectivity index (χ4n) is 1.91. The Morgan fingerprint density at radius 2 is 2.00 bits per heavy atom. The number of carbonyl (C=O) groups is 1. The summed E-state index contributed by atoms with van der Waals surface area (Å²) in [7, 11) is 0. The first-order valence-corrected chi connectivity index (χ1v) is 7.31. The summed E-state index contributed by atoms with van der Waals surface area (Å²) in [5.41, 5.74) is 0.370. The van der Waals surface area contributed by atoms with Crippen molar-refractivity contribution in [3.05, 3.63) is 29.8 Å². The number of hydrogen-bond donors (Lipinski definition) is 1. The van der Waals surface area contributed by atoms with Gasteiger partial charge >= 0.3 is 0 Å². The number of para-hydroxylation sites is 1. The van der Waals surface area contributed by atoms with Crippen molar-refractivity contribution < 1.29 is 9.90 Å². The second-order valence-corrected chi connectivity index (χ2v) is 5.80. The first-order valence-electron chi connectivity index (χ1n) is 5.91. The molecule has 0 atom stereocenters. The lowest BCUT2D eigenvalue weighted by molar-refractivity contribution is 0.102. The number of nitrogens with zero attached hydrogens (tertiary/aromatic N) is 1. The summed E-state index contributed by atoms with van der Waals surface area (Å²) in [4.78, 5) is 14.1. The van der Waals surface area contributed by atoms with E-state index in [1.807, 2.05) is 0 Å². The number of carbonyl (C=O) groups excluding carboxylic acids is 1. The highest BCUT2D eigenvalue weighted by atomic mass is 32.2. The van der Waals surface area contributed by atoms with Crippen molar-refractivity contribution in [3.63, 3.8) is 0 Å². The monoisotopic (exact) mass is 281 g/mol. The van der Waals surface area contributed by atoms with E-state index in [0.717, 1.165) is 17.4 Å². The first kappa shape index (κ1) is 13.4. The van der Waals surface area contributed by atoms with Gasteiger partial charge in [-0.25, -0.2) is 0 Å². The fraction of sp³-hybridized carbons (Fsp3) is 0.385. The molecule has 3 nitrogen and oxygen atoms in total. The Morgan fingerprint density at radius 3 is 2.67 bits per heavy atom. The van der Waals surface area contributed by atoms with Crippen LogP contribution in [0.1, 0.15) is 23.2 Å². The molecule has 0 unspecified atom stereocenters. The summed E-state index contributed by atoms with van der Waals surface area (Å²) in [5.74, 6) is 0.238. The minimum Gasteiger partial charge on any atom is -0.507 e. The molecule has 2 rings (SSSR count). The molecule has 0 radical (unpaired) electrons. The number of likely N-dealkylation sites (tertiary alicyclic amines) is 1. The number of phenols is 1. The Hall–Kier alpha value is -1.07. The Morgan fingerprint density at radius 1 is 1.33 bits per heavy atom. The molecule has 5 heteroatoms. The van der Waals surface area contributed by atoms with E-state index in [9.17, 15) is 9.90 Å². The largest absolute Gasteiger partial charge is 0.507 e. The van der Waals surface area contributed by atoms with Crippen LogP contribution in [0.25, 0.3) is 0 Å². The third-order valence-electron chi connectivity index (χ3n) is 2.90. The van der Waals surface area contributed by atoms with Crippen LogP contribution in [0.15, 0.2) is 24.3 Å². The predicted molar refractivity (Wildman–Crippen MR) is 78.3 cm³/mol. The molecule has 1 fully saturated rings. The molecule has 1 aliphatic heterocycles. The molecule has 1 N–H and O–H groups in total. The van der Waals surface area contributed by atoms with Gasteiger partial charge in [-0.1, -0.05) is 36.1 Å². The molecule has 96 valence electrons. The number of rotatable bonds is 3. The van der Waals surface area contributed by atoms with Crippen LogP contribution in [-0.4, -0.2) is 39.0 Å². The number of ketones is 1. The maximum absolute atomic E-state index is 11.9. The molecule has 0 aliphatic carbocycles. The van der Waals surface area contributed by atoms with E-state index < -0.39 is 0 Å². The number of aromatic hydroxyl groups is 1. The lowest BCUT2D eigenvalue weighted by Gasteiger charge is -2.17. The summed E-state index contributed by atoms with van der Waals surface area (Å²) >= 11 is 6.67. The average molecular weight is 281 g/mol. The summed E-state index contributed by atoms with van der Waals surface area (Å²) < 4.78 is 0.788. The molecule has 1 heterocycles. The zero-order valence-electron chi connectivity index (χ0n) is 9.96. The number of Topliss-reactive ketones (excluding diaryl/α,β-unsaturated/α-hetero) is 1. The minimum atomic E-state index is -0.0837. The third kappa shape index (κ3) is 3.23. The molecule has 1 aromatic rings. The van der Waals surface area contributed by atoms with E-state index in [1.165, 1.54) is 30.7 Å². The Kier molecular flexibility index (Phi) is 4.60. The van der Waals surface area contributed by atoms with Crippen molar-refractivity contribution in [2.75, 3.05) is 18.8 Å². The van der Waals surface area contributed by atoms with Gasteiger partial charge in [-0.15, -0.1) is 0 Å². The molecular weight excluding hydrogens is 266 g/mol. The van der Waals surface area contributed by atoms with Crippen LogP contribution in [-0.2, 0) is 0 Å². The van der Waals surface area contributed by atoms with Crippen molar-refractivity contribution in [3.8, 4) is 5.75 Å². The second-order valence-electron chi connectivity index (χ2n) is 4.19. The van der Waals surface area contributed by atoms with E-state index in [0.29, 0.717) is 5.56 Å². The van der Waals surface area contributed by atoms with Crippen molar-refractivity contribution in [2.45, 2.75) is 12.8 Å². The third-order valence-corrected chi connectivity index (χ3v) is 4.42. The lowest BCUT2D eigenvalue weighted by Crippen LogP contribution is -2.24. The number of thiocarbonyl (C=S) groups is 1. The van der Waals surface area contributed by atoms with Crippen LogP contribution in [0, 0.1) is 0 Å². The number of thioether (sulfide) groups is 1. The van der Waals surface area contributed by atoms with Gasteiger partial charge in [0.25, 0.3) is 0 Å². The molecule has 18 heavy (non-hydrogen) atoms. The zero-order chi connectivity index (χ0) is 13.0. The van der Waals surface area contributed by atoms with Gasteiger partial charge in [0, 0.05) is 13.1 Å². The lowest BCUT2D eigenvalue weighted by atomic mass is 10.1. The predicted octanol–water partition coefficient (Wildman–Crippen LogP) is 2.69. The number of benzene rings is 1. The molecule has 1 aliphatic rings. The second kappa shape index (κ2) is 6.20. The average Bonchev–Trinajstić information content (AvgIpc) is 2.90. The van der Waals surface area contributed by atoms with Crippen molar-refractivity contribution in [2.24, 2.45) is 0 Å². The van der Waals surface area contributed by atoms with Gasteiger partial charge in [0.1, 0.15) is 10.1 Å². The highest BCUT2D eigenvalue weighted by Gasteiger charge is 2.17. The van der Waals surface area contributed by atoms with Gasteiger partial charge in [-0.05, 0) is 25.0 Å². The minimum absolute atomic E-state index is 0.0372. The normalized spacial score (nSPS) is 14.8. The van der Waals surface area contributed by atoms with Gasteiger partial charge in [0.15, 0.2) is 5.78 Å². The van der Waals surface area contributed by atoms with Gasteiger partial charge in [0.2, 0.25) is 0 Å². The van der Waals surface area contributed by atoms with Crippen molar-refractivity contribution in [1.29, 1.82) is 0 Å². The van der Waals surface area contributed by atoms with Crippen LogP contribution >= 0.6 is 24.0 Å². The quantitative estimate of drug-likeness (QED) is 0.681. The Bertz CT molecular complexity index is 456. The van der Waals surface area contributed by atoms with Crippen molar-refractivity contribution in [1.82, 2.24) is 4.90 Å². The van der Waals surface area contributed by atoms with Gasteiger partial charge in [0.05, 0.1) is 11.3 Å². The maximum atomic E-state index is 11.9. The van der Waals surface area contributed by atoms with Gasteiger partial charge in [-0.3, -0.25) is 4.79 Å². The summed E-state index contributed by atoms with van der Waals surface area (Å²) in [5, 5.41) is 9.58. The van der Waals surface area contributed by atoms with E-state index in [-0.39, 0.29) is 17.3 Å². The first-order chi connectivity index (χ1) is 8.68. The fourth-order valence-corrected chi connectivity index (χ4v) is 3.04. The number of hydrogen-bond acceptors (Lipinski definition) is 4. The summed E-state index contributed by atoms with van der Waals surface area (Å²) in [6.45, 7) is 1.99. The molecule has 0 saturated carbocycles. The highest BCUT2D eigenvalue weighted by molar-refractivity contribution is 8.23. The standard InChI is InChI=1S/C13H15NO2S2/c15-11-6-2-1-5-10(11)12(16)9-18-13(17)14-7-3-4-8-14/h1-2,5-6,15H,3-4,7-9H2. The zero-order valence-corrected chi connectivity index (χ0v) is 11.6. The van der Waals surface area contributed by atoms with Gasteiger partial charge < -0.3 is 10.0 Å². The van der Waals surface area contributed by atoms with E-state index in [4.69, 9.17) is 12.2 Å². The number of phenolic OH excluding ortho intramolecular Hbond substituents is 1. The molecule has 1 aromatic carbocycles. The summed E-state index contributed by atoms with van der Waals surface area (Å²) in [6.07, 6.45) is 2.35. The molecule has 0 aromatic heterocycles. The van der Waals surface area contributed by atoms with E-state index in [2.05, 4.69) is 4.90 Å². The Balaban J connectivity index is 1.88. The van der Waals surface area contributed by atoms with E-state index in [1.54, 1.807) is 18.2 Å². The van der Waals surface area contributed by atoms with Crippen LogP contribution in [0.2, 0.25) is 0 Å². The van der Waals surface area contributed by atoms with Gasteiger partial charge in [-0.2, -0.15) is 0 Å². The van der Waals surface area contributed by atoms with Crippen LogP contribution in [0.3, 0.4) is 0 Å². The van der Waals surface area contributed by atoms with Crippen LogP contribution < -0.4 is 0 Å². The Labute approximate surface area is 116 Å². The SMILES string of the molecule is O=C(CSC(=S)N1CCCC1)c1ccccc1O. The molecular formula is C13H15NO2S2. The van der Waals surface area contributed by atoms with Crippen LogP contribution in [0.5, 0.6) is 5.75 Å². The highest BCUT2D eigenvalue weighted by Crippen LogP contribution is 2.21.